The number of hydrazone groups is 1. The Balaban J connectivity index is 2.16. The molecule has 1 heterocycles. The van der Waals surface area contributed by atoms with Crippen LogP contribution in [0.15, 0.2) is 46.7 Å². The van der Waals surface area contributed by atoms with Crippen molar-refractivity contribution in [2.75, 3.05) is 17.3 Å². The summed E-state index contributed by atoms with van der Waals surface area (Å²) in [6, 6.07) is 8.53. The summed E-state index contributed by atoms with van der Waals surface area (Å²) in [5.74, 6) is -0.207. The first kappa shape index (κ1) is 18.6. The molecule has 2 aromatic rings. The maximum Gasteiger partial charge on any atom is 0.263 e. The number of benzene rings is 1. The summed E-state index contributed by atoms with van der Waals surface area (Å²) in [6.07, 6.45) is 1.17. The van der Waals surface area contributed by atoms with Crippen molar-refractivity contribution in [2.24, 2.45) is 10.8 Å². The van der Waals surface area contributed by atoms with Gasteiger partial charge in [-0.15, -0.1) is 0 Å². The number of methoxy groups -OCH3 is 1. The van der Waals surface area contributed by atoms with Crippen LogP contribution in [0.5, 0.6) is 5.88 Å². The summed E-state index contributed by atoms with van der Waals surface area (Å²) in [4.78, 5) is 7.59. The van der Waals surface area contributed by atoms with Crippen LogP contribution >= 0.6 is 0 Å². The van der Waals surface area contributed by atoms with Crippen LogP contribution in [0.4, 0.5) is 11.5 Å². The largest absolute Gasteiger partial charge is 0.481 e. The molecule has 0 aliphatic carbocycles. The number of hydrogen-bond acceptors (Lipinski definition) is 9. The number of hydrogen-bond donors (Lipinski definition) is 4. The molecule has 0 radical (unpaired) electrons. The number of nitriles is 1. The maximum atomic E-state index is 12.4. The van der Waals surface area contributed by atoms with Crippen molar-refractivity contribution in [1.82, 2.24) is 9.97 Å². The Morgan fingerprint density at radius 3 is 2.62 bits per heavy atom. The van der Waals surface area contributed by atoms with Gasteiger partial charge >= 0.3 is 0 Å². The third-order valence-electron chi connectivity index (χ3n) is 2.91. The molecule has 0 fully saturated rings. The standard InChI is InChI=1S/C14H14N8O3S/c1-25-13-6-12(18-8-19-13)22-26(23,24)10-4-2-9(3-5-10)20-21-11(7-15)14(16)17/h2-6,8,20H,1H3,(H3,16,17)(H,18,19,22)/b21-11+. The molecular formula is C14H14N8O3S. The molecule has 134 valence electrons. The smallest absolute Gasteiger partial charge is 0.263 e. The van der Waals surface area contributed by atoms with Crippen molar-refractivity contribution in [3.63, 3.8) is 0 Å². The molecule has 1 aromatic heterocycles. The summed E-state index contributed by atoms with van der Waals surface area (Å²) in [5.41, 5.74) is 7.80. The van der Waals surface area contributed by atoms with Gasteiger partial charge in [0.25, 0.3) is 10.0 Å². The molecule has 2 rings (SSSR count). The average molecular weight is 374 g/mol. The molecule has 1 aromatic carbocycles. The molecule has 26 heavy (non-hydrogen) atoms. The lowest BCUT2D eigenvalue weighted by atomic mass is 10.3. The number of nitrogens with one attached hydrogen (secondary N) is 3. The molecule has 0 atom stereocenters. The first-order valence-electron chi connectivity index (χ1n) is 6.93. The van der Waals surface area contributed by atoms with E-state index in [1.54, 1.807) is 6.07 Å². The molecule has 0 spiro atoms. The van der Waals surface area contributed by atoms with Gasteiger partial charge in [-0.25, -0.2) is 18.4 Å². The topological polar surface area (TPSA) is 179 Å². The fraction of sp³-hybridized carbons (Fsp3) is 0.0714. The Kier molecular flexibility index (Phi) is 5.66. The lowest BCUT2D eigenvalue weighted by molar-refractivity contribution is 0.397. The van der Waals surface area contributed by atoms with Crippen molar-refractivity contribution >= 4 is 33.1 Å². The summed E-state index contributed by atoms with van der Waals surface area (Å²) < 4.78 is 32.0. The van der Waals surface area contributed by atoms with E-state index in [-0.39, 0.29) is 22.3 Å². The SMILES string of the molecule is COc1cc(NS(=O)(=O)c2ccc(N/N=C(\C#N)C(=N)N)cc2)ncn1. The Morgan fingerprint density at radius 2 is 2.04 bits per heavy atom. The third-order valence-corrected chi connectivity index (χ3v) is 4.28. The summed E-state index contributed by atoms with van der Waals surface area (Å²) in [7, 11) is -2.47. The van der Waals surface area contributed by atoms with Gasteiger partial charge in [-0.2, -0.15) is 10.4 Å². The van der Waals surface area contributed by atoms with E-state index < -0.39 is 15.9 Å². The molecule has 0 saturated carbocycles. The minimum absolute atomic E-state index is 0.0170. The monoisotopic (exact) mass is 374 g/mol. The number of sulfonamides is 1. The van der Waals surface area contributed by atoms with E-state index in [0.717, 1.165) is 0 Å². The molecule has 12 heteroatoms. The number of ether oxygens (including phenoxy) is 1. The van der Waals surface area contributed by atoms with Gasteiger partial charge in [-0.1, -0.05) is 0 Å². The van der Waals surface area contributed by atoms with E-state index >= 15 is 0 Å². The predicted molar refractivity (Wildman–Crippen MR) is 94.4 cm³/mol. The van der Waals surface area contributed by atoms with Gasteiger partial charge < -0.3 is 10.5 Å². The van der Waals surface area contributed by atoms with Gasteiger partial charge in [0, 0.05) is 6.07 Å². The van der Waals surface area contributed by atoms with E-state index in [1.165, 1.54) is 43.8 Å². The van der Waals surface area contributed by atoms with Gasteiger partial charge in [0.15, 0.2) is 5.84 Å². The van der Waals surface area contributed by atoms with E-state index in [0.29, 0.717) is 5.69 Å². The minimum atomic E-state index is -3.87. The van der Waals surface area contributed by atoms with E-state index in [4.69, 9.17) is 21.1 Å². The Hall–Kier alpha value is -3.72. The molecule has 0 bridgehead atoms. The fourth-order valence-corrected chi connectivity index (χ4v) is 2.68. The van der Waals surface area contributed by atoms with Gasteiger partial charge in [0.2, 0.25) is 11.6 Å². The summed E-state index contributed by atoms with van der Waals surface area (Å²) >= 11 is 0. The van der Waals surface area contributed by atoms with Crippen LogP contribution in [0.3, 0.4) is 0 Å². The lowest BCUT2D eigenvalue weighted by Gasteiger charge is -2.08. The van der Waals surface area contributed by atoms with Crippen LogP contribution in [0, 0.1) is 16.7 Å². The van der Waals surface area contributed by atoms with Crippen LogP contribution in [-0.4, -0.2) is 37.0 Å². The van der Waals surface area contributed by atoms with E-state index in [1.807, 2.05) is 0 Å². The molecule has 0 aliphatic rings. The highest BCUT2D eigenvalue weighted by molar-refractivity contribution is 7.92. The zero-order valence-electron chi connectivity index (χ0n) is 13.5. The highest BCUT2D eigenvalue weighted by Crippen LogP contribution is 2.18. The van der Waals surface area contributed by atoms with Crippen molar-refractivity contribution in [1.29, 1.82) is 10.7 Å². The number of nitrogens with zero attached hydrogens (tertiary/aromatic N) is 4. The van der Waals surface area contributed by atoms with Gasteiger partial charge in [-0.05, 0) is 24.3 Å². The van der Waals surface area contributed by atoms with Crippen LogP contribution in [0.2, 0.25) is 0 Å². The van der Waals surface area contributed by atoms with Crippen LogP contribution in [0.25, 0.3) is 0 Å². The number of amidine groups is 1. The lowest BCUT2D eigenvalue weighted by Crippen LogP contribution is -2.21. The predicted octanol–water partition coefficient (Wildman–Crippen LogP) is 0.513. The summed E-state index contributed by atoms with van der Waals surface area (Å²) in [5, 5.41) is 19.6. The molecule has 11 nitrogen and oxygen atoms in total. The van der Waals surface area contributed by atoms with Gasteiger partial charge in [0.05, 0.1) is 17.7 Å². The molecule has 5 N–H and O–H groups in total. The number of anilines is 2. The van der Waals surface area contributed by atoms with Crippen molar-refractivity contribution < 1.29 is 13.2 Å². The third kappa shape index (κ3) is 4.65. The Labute approximate surface area is 149 Å². The highest BCUT2D eigenvalue weighted by Gasteiger charge is 2.15. The van der Waals surface area contributed by atoms with Gasteiger partial charge in [-0.3, -0.25) is 15.6 Å². The second-order valence-corrected chi connectivity index (χ2v) is 6.36. The van der Waals surface area contributed by atoms with Crippen LogP contribution in [0.1, 0.15) is 0 Å². The zero-order valence-corrected chi connectivity index (χ0v) is 14.3. The summed E-state index contributed by atoms with van der Waals surface area (Å²) in [6.45, 7) is 0. The van der Waals surface area contributed by atoms with Gasteiger partial charge in [0.1, 0.15) is 18.2 Å². The molecular weight excluding hydrogens is 360 g/mol. The highest BCUT2D eigenvalue weighted by atomic mass is 32.2. The first-order chi connectivity index (χ1) is 12.4. The minimum Gasteiger partial charge on any atom is -0.481 e. The zero-order chi connectivity index (χ0) is 19.2. The van der Waals surface area contributed by atoms with Crippen LogP contribution < -0.4 is 20.6 Å². The Morgan fingerprint density at radius 1 is 1.35 bits per heavy atom. The van der Waals surface area contributed by atoms with Crippen molar-refractivity contribution in [3.05, 3.63) is 36.7 Å². The van der Waals surface area contributed by atoms with E-state index in [9.17, 15) is 8.42 Å². The second kappa shape index (κ2) is 7.90. The molecule has 0 saturated heterocycles. The van der Waals surface area contributed by atoms with Crippen LogP contribution in [-0.2, 0) is 10.0 Å². The van der Waals surface area contributed by atoms with Crippen molar-refractivity contribution in [2.45, 2.75) is 4.90 Å². The quantitative estimate of drug-likeness (QED) is 0.307. The second-order valence-electron chi connectivity index (χ2n) is 4.67. The number of rotatable bonds is 7. The van der Waals surface area contributed by atoms with E-state index in [2.05, 4.69) is 25.2 Å². The Bertz CT molecular complexity index is 980. The maximum absolute atomic E-state index is 12.4. The molecule has 0 amide bonds. The molecule has 0 aliphatic heterocycles. The first-order valence-corrected chi connectivity index (χ1v) is 8.41. The fourth-order valence-electron chi connectivity index (χ4n) is 1.68. The molecule has 0 unspecified atom stereocenters. The average Bonchev–Trinajstić information content (AvgIpc) is 2.62. The van der Waals surface area contributed by atoms with Crippen molar-refractivity contribution in [3.8, 4) is 11.9 Å². The normalized spacial score (nSPS) is 11.3. The number of nitrogens with two attached hydrogens (primary N) is 1. The number of aromatic nitrogens is 2.